The molecule has 3 rings (SSSR count). The van der Waals surface area contributed by atoms with Crippen molar-refractivity contribution in [3.05, 3.63) is 12.2 Å². The molecule has 9 heteroatoms. The van der Waals surface area contributed by atoms with Gasteiger partial charge >= 0.3 is 0 Å². The van der Waals surface area contributed by atoms with Crippen LogP contribution in [0.5, 0.6) is 0 Å². The first-order valence-corrected chi connectivity index (χ1v) is 8.23. The molecule has 0 bridgehead atoms. The van der Waals surface area contributed by atoms with Gasteiger partial charge in [-0.25, -0.2) is 14.3 Å². The number of nitrogens with zero attached hydrogens (tertiary/aromatic N) is 7. The van der Waals surface area contributed by atoms with Gasteiger partial charge in [0.2, 0.25) is 5.16 Å². The van der Waals surface area contributed by atoms with Crippen molar-refractivity contribution in [3.8, 4) is 0 Å². The molecular weight excluding hydrogens is 288 g/mol. The highest BCUT2D eigenvalue weighted by molar-refractivity contribution is 7.98. The summed E-state index contributed by atoms with van der Waals surface area (Å²) in [5.41, 5.74) is 0. The molecule has 1 aliphatic carbocycles. The van der Waals surface area contributed by atoms with Gasteiger partial charge in [0.25, 0.3) is 0 Å². The van der Waals surface area contributed by atoms with Crippen molar-refractivity contribution in [2.24, 2.45) is 0 Å². The summed E-state index contributed by atoms with van der Waals surface area (Å²) < 4.78 is 3.77. The Bertz CT molecular complexity index is 573. The molecule has 114 valence electrons. The lowest BCUT2D eigenvalue weighted by molar-refractivity contribution is 0.507. The van der Waals surface area contributed by atoms with Gasteiger partial charge in [-0.15, -0.1) is 5.10 Å². The summed E-state index contributed by atoms with van der Waals surface area (Å²) in [7, 11) is 0. The summed E-state index contributed by atoms with van der Waals surface area (Å²) in [6.07, 6.45) is 4.18. The van der Waals surface area contributed by atoms with Crippen molar-refractivity contribution in [3.63, 3.8) is 0 Å². The summed E-state index contributed by atoms with van der Waals surface area (Å²) in [5, 5.41) is 20.4. The van der Waals surface area contributed by atoms with Crippen LogP contribution < -0.4 is 5.32 Å². The third-order valence-corrected chi connectivity index (χ3v) is 4.25. The number of aromatic nitrogens is 7. The van der Waals surface area contributed by atoms with E-state index in [-0.39, 0.29) is 0 Å². The molecule has 0 radical (unpaired) electrons. The molecule has 21 heavy (non-hydrogen) atoms. The Balaban J connectivity index is 1.54. The van der Waals surface area contributed by atoms with E-state index in [4.69, 9.17) is 0 Å². The van der Waals surface area contributed by atoms with Gasteiger partial charge in [0.1, 0.15) is 12.2 Å². The molecule has 0 amide bonds. The number of hydrogen-bond donors (Lipinski definition) is 1. The average Bonchev–Trinajstić information content (AvgIpc) is 2.99. The Morgan fingerprint density at radius 1 is 1.43 bits per heavy atom. The van der Waals surface area contributed by atoms with Crippen molar-refractivity contribution in [1.82, 2.24) is 40.3 Å². The molecule has 2 aromatic heterocycles. The maximum absolute atomic E-state index is 4.30. The van der Waals surface area contributed by atoms with E-state index in [0.29, 0.717) is 17.8 Å². The van der Waals surface area contributed by atoms with Crippen LogP contribution in [0.2, 0.25) is 0 Å². The smallest absolute Gasteiger partial charge is 0.209 e. The second-order valence-electron chi connectivity index (χ2n) is 5.42. The lowest BCUT2D eigenvalue weighted by Crippen LogP contribution is -2.22. The summed E-state index contributed by atoms with van der Waals surface area (Å²) in [4.78, 5) is 4.30. The van der Waals surface area contributed by atoms with Crippen LogP contribution in [0.4, 0.5) is 0 Å². The number of thioether (sulfide) groups is 1. The summed E-state index contributed by atoms with van der Waals surface area (Å²) in [5.74, 6) is 1.66. The molecule has 0 aliphatic heterocycles. The zero-order chi connectivity index (χ0) is 14.7. The van der Waals surface area contributed by atoms with Crippen LogP contribution in [0.3, 0.4) is 0 Å². The largest absolute Gasteiger partial charge is 0.312 e. The van der Waals surface area contributed by atoms with Crippen LogP contribution in [-0.4, -0.2) is 47.6 Å². The molecule has 2 heterocycles. The highest BCUT2D eigenvalue weighted by Crippen LogP contribution is 2.20. The monoisotopic (exact) mass is 308 g/mol. The molecule has 0 spiro atoms. The Kier molecular flexibility index (Phi) is 4.49. The predicted molar refractivity (Wildman–Crippen MR) is 78.8 cm³/mol. The molecule has 0 unspecified atom stereocenters. The Morgan fingerprint density at radius 3 is 3.05 bits per heavy atom. The van der Waals surface area contributed by atoms with Crippen LogP contribution in [0, 0.1) is 0 Å². The van der Waals surface area contributed by atoms with Crippen LogP contribution in [0.15, 0.2) is 11.5 Å². The minimum absolute atomic E-state index is 0.307. The highest BCUT2D eigenvalue weighted by atomic mass is 32.2. The predicted octanol–water partition coefficient (Wildman–Crippen LogP) is 0.890. The van der Waals surface area contributed by atoms with Gasteiger partial charge in [-0.3, -0.25) is 0 Å². The first-order chi connectivity index (χ1) is 10.2. The third-order valence-electron chi connectivity index (χ3n) is 3.30. The van der Waals surface area contributed by atoms with E-state index in [2.05, 4.69) is 44.8 Å². The molecule has 1 fully saturated rings. The van der Waals surface area contributed by atoms with Crippen LogP contribution in [0.25, 0.3) is 0 Å². The fourth-order valence-electron chi connectivity index (χ4n) is 2.04. The lowest BCUT2D eigenvalue weighted by atomic mass is 10.4. The van der Waals surface area contributed by atoms with Crippen LogP contribution in [0.1, 0.15) is 38.6 Å². The molecule has 8 nitrogen and oxygen atoms in total. The molecule has 1 saturated carbocycles. The van der Waals surface area contributed by atoms with E-state index in [1.807, 2.05) is 9.36 Å². The molecule has 1 N–H and O–H groups in total. The van der Waals surface area contributed by atoms with Crippen molar-refractivity contribution < 1.29 is 0 Å². The third kappa shape index (κ3) is 3.79. The van der Waals surface area contributed by atoms with E-state index >= 15 is 0 Å². The van der Waals surface area contributed by atoms with Gasteiger partial charge in [-0.1, -0.05) is 11.8 Å². The lowest BCUT2D eigenvalue weighted by Gasteiger charge is -2.09. The van der Waals surface area contributed by atoms with Crippen LogP contribution >= 0.6 is 11.8 Å². The minimum atomic E-state index is 0.307. The molecule has 0 aromatic carbocycles. The molecule has 1 aliphatic rings. The Morgan fingerprint density at radius 2 is 2.29 bits per heavy atom. The average molecular weight is 308 g/mol. The second-order valence-corrected chi connectivity index (χ2v) is 6.36. The first kappa shape index (κ1) is 14.5. The second kappa shape index (κ2) is 6.52. The molecule has 0 saturated heterocycles. The topological polar surface area (TPSA) is 86.3 Å². The van der Waals surface area contributed by atoms with Gasteiger partial charge in [0.15, 0.2) is 0 Å². The van der Waals surface area contributed by atoms with Crippen molar-refractivity contribution >= 4 is 11.8 Å². The van der Waals surface area contributed by atoms with Gasteiger partial charge < -0.3 is 5.32 Å². The van der Waals surface area contributed by atoms with Gasteiger partial charge in [-0.2, -0.15) is 5.10 Å². The summed E-state index contributed by atoms with van der Waals surface area (Å²) in [6, 6.07) is 1.02. The first-order valence-electron chi connectivity index (χ1n) is 7.25. The number of tetrazole rings is 1. The fraction of sp³-hybridized carbons (Fsp3) is 0.750. The fourth-order valence-corrected chi connectivity index (χ4v) is 2.88. The molecular formula is C12H20N8S. The quantitative estimate of drug-likeness (QED) is 0.725. The van der Waals surface area contributed by atoms with E-state index in [1.54, 1.807) is 18.1 Å². The van der Waals surface area contributed by atoms with E-state index in [9.17, 15) is 0 Å². The maximum atomic E-state index is 4.30. The normalized spacial score (nSPS) is 15.0. The van der Waals surface area contributed by atoms with Gasteiger partial charge in [0.05, 0.1) is 12.3 Å². The number of hydrogen-bond acceptors (Lipinski definition) is 7. The molecule has 0 atom stereocenters. The van der Waals surface area contributed by atoms with E-state index in [0.717, 1.165) is 24.1 Å². The summed E-state index contributed by atoms with van der Waals surface area (Å²) >= 11 is 1.59. The zero-order valence-electron chi connectivity index (χ0n) is 12.3. The van der Waals surface area contributed by atoms with Crippen molar-refractivity contribution in [2.45, 2.75) is 56.2 Å². The van der Waals surface area contributed by atoms with Crippen molar-refractivity contribution in [1.29, 1.82) is 0 Å². The van der Waals surface area contributed by atoms with E-state index in [1.165, 1.54) is 12.8 Å². The maximum Gasteiger partial charge on any atom is 0.209 e. The van der Waals surface area contributed by atoms with E-state index < -0.39 is 0 Å². The standard InChI is InChI=1S/C12H20N8S/c1-9(2)20-11(14-8-15-20)7-21-12-16-17-18-19(12)6-5-13-10-3-4-10/h8-10,13H,3-7H2,1-2H3. The van der Waals surface area contributed by atoms with Gasteiger partial charge in [0, 0.05) is 18.6 Å². The minimum Gasteiger partial charge on any atom is -0.312 e. The highest BCUT2D eigenvalue weighted by Gasteiger charge is 2.20. The van der Waals surface area contributed by atoms with Crippen LogP contribution in [-0.2, 0) is 12.3 Å². The van der Waals surface area contributed by atoms with Crippen molar-refractivity contribution in [2.75, 3.05) is 6.54 Å². The number of nitrogens with one attached hydrogen (secondary N) is 1. The SMILES string of the molecule is CC(C)n1ncnc1CSc1nnnn1CCNC1CC1. The summed E-state index contributed by atoms with van der Waals surface area (Å²) in [6.45, 7) is 5.89. The Hall–Kier alpha value is -1.48. The molecule has 2 aromatic rings. The zero-order valence-corrected chi connectivity index (χ0v) is 13.1. The number of rotatable bonds is 8. The Labute approximate surface area is 127 Å². The van der Waals surface area contributed by atoms with Gasteiger partial charge in [-0.05, 0) is 37.1 Å².